The zero-order chi connectivity index (χ0) is 22.5. The predicted octanol–water partition coefficient (Wildman–Crippen LogP) is 2.72. The van der Waals surface area contributed by atoms with Crippen molar-refractivity contribution in [2.24, 2.45) is 10.9 Å². The summed E-state index contributed by atoms with van der Waals surface area (Å²) in [6.07, 6.45) is 3.28. The molecular weight excluding hydrogens is 406 g/mol. The molecule has 4 N–H and O–H groups in total. The summed E-state index contributed by atoms with van der Waals surface area (Å²) in [5, 5.41) is 23.9. The van der Waals surface area contributed by atoms with Gasteiger partial charge in [0.25, 0.3) is 5.91 Å². The largest absolute Gasteiger partial charge is 0.508 e. The van der Waals surface area contributed by atoms with E-state index in [9.17, 15) is 14.7 Å². The summed E-state index contributed by atoms with van der Waals surface area (Å²) >= 11 is 0. The summed E-state index contributed by atoms with van der Waals surface area (Å²) in [5.74, 6) is -1.51. The van der Waals surface area contributed by atoms with Gasteiger partial charge in [-0.1, -0.05) is 42.5 Å². The Hall–Kier alpha value is -4.33. The van der Waals surface area contributed by atoms with Crippen molar-refractivity contribution in [3.8, 4) is 5.75 Å². The molecule has 0 spiro atoms. The van der Waals surface area contributed by atoms with Crippen LogP contribution in [0.5, 0.6) is 5.75 Å². The molecule has 1 aliphatic rings. The molecule has 8 heteroatoms. The molecule has 2 amide bonds. The Kier molecular flexibility index (Phi) is 6.03. The number of benzene rings is 2. The molecule has 32 heavy (non-hydrogen) atoms. The molecule has 1 aliphatic heterocycles. The van der Waals surface area contributed by atoms with Gasteiger partial charge < -0.3 is 21.1 Å². The van der Waals surface area contributed by atoms with Crippen molar-refractivity contribution in [3.05, 3.63) is 90.3 Å². The molecule has 2 atom stereocenters. The lowest BCUT2D eigenvalue weighted by atomic mass is 9.86. The third-order valence-electron chi connectivity index (χ3n) is 5.11. The predicted molar refractivity (Wildman–Crippen MR) is 121 cm³/mol. The van der Waals surface area contributed by atoms with Gasteiger partial charge in [-0.2, -0.15) is 0 Å². The van der Waals surface area contributed by atoms with E-state index in [4.69, 9.17) is 5.41 Å². The average Bonchev–Trinajstić information content (AvgIpc) is 3.14. The number of anilines is 1. The molecule has 2 aromatic carbocycles. The number of rotatable bonds is 6. The number of aliphatic imine (C=N–C) groups is 1. The van der Waals surface area contributed by atoms with Crippen molar-refractivity contribution in [3.63, 3.8) is 0 Å². The number of amides is 2. The molecule has 0 bridgehead atoms. The van der Waals surface area contributed by atoms with Crippen LogP contribution in [0.4, 0.5) is 5.69 Å². The van der Waals surface area contributed by atoms with E-state index in [0.717, 1.165) is 5.56 Å². The summed E-state index contributed by atoms with van der Waals surface area (Å²) in [6.45, 7) is -0.295. The van der Waals surface area contributed by atoms with E-state index < -0.39 is 23.8 Å². The lowest BCUT2D eigenvalue weighted by Crippen LogP contribution is -2.28. The quantitative estimate of drug-likeness (QED) is 0.451. The first kappa shape index (κ1) is 20.9. The maximum Gasteiger partial charge on any atom is 0.266 e. The second-order valence-electron chi connectivity index (χ2n) is 7.29. The van der Waals surface area contributed by atoms with Crippen molar-refractivity contribution in [2.75, 3.05) is 11.9 Å². The molecule has 1 saturated heterocycles. The number of carbonyl (C=O) groups excluding carboxylic acids is 2. The van der Waals surface area contributed by atoms with Gasteiger partial charge in [0.15, 0.2) is 0 Å². The van der Waals surface area contributed by atoms with Crippen molar-refractivity contribution in [2.45, 2.75) is 6.04 Å². The first-order valence-corrected chi connectivity index (χ1v) is 10.0. The fourth-order valence-corrected chi connectivity index (χ4v) is 3.65. The topological polar surface area (TPSA) is 128 Å². The van der Waals surface area contributed by atoms with E-state index in [1.165, 1.54) is 12.1 Å². The Labute approximate surface area is 184 Å². The van der Waals surface area contributed by atoms with Gasteiger partial charge in [-0.15, -0.1) is 0 Å². The summed E-state index contributed by atoms with van der Waals surface area (Å²) in [6, 6.07) is 18.4. The van der Waals surface area contributed by atoms with Gasteiger partial charge in [0, 0.05) is 24.1 Å². The second kappa shape index (κ2) is 9.22. The van der Waals surface area contributed by atoms with Gasteiger partial charge in [-0.05, 0) is 29.3 Å². The Morgan fingerprint density at radius 3 is 2.66 bits per heavy atom. The number of aromatic nitrogens is 1. The highest BCUT2D eigenvalue weighted by molar-refractivity contribution is 6.46. The van der Waals surface area contributed by atoms with E-state index >= 15 is 0 Å². The fourth-order valence-electron chi connectivity index (χ4n) is 3.65. The molecule has 0 aliphatic carbocycles. The Bertz CT molecular complexity index is 1180. The monoisotopic (exact) mass is 427 g/mol. The van der Waals surface area contributed by atoms with Crippen LogP contribution in [-0.4, -0.2) is 39.9 Å². The summed E-state index contributed by atoms with van der Waals surface area (Å²) in [5.41, 5.74) is 2.19. The summed E-state index contributed by atoms with van der Waals surface area (Å²) in [7, 11) is 0. The minimum atomic E-state index is -0.678. The van der Waals surface area contributed by atoms with Crippen LogP contribution in [0.3, 0.4) is 0 Å². The maximum atomic E-state index is 12.8. The van der Waals surface area contributed by atoms with Crippen molar-refractivity contribution < 1.29 is 14.7 Å². The lowest BCUT2D eigenvalue weighted by Gasteiger charge is -2.20. The van der Waals surface area contributed by atoms with Crippen LogP contribution in [0.15, 0.2) is 84.1 Å². The molecule has 1 aromatic heterocycles. The number of nitrogens with one attached hydrogen (secondary N) is 3. The minimum Gasteiger partial charge on any atom is -0.508 e. The molecule has 2 unspecified atom stereocenters. The summed E-state index contributed by atoms with van der Waals surface area (Å²) in [4.78, 5) is 33.6. The number of aromatic hydroxyl groups is 1. The second-order valence-corrected chi connectivity index (χ2v) is 7.29. The van der Waals surface area contributed by atoms with E-state index in [0.29, 0.717) is 11.3 Å². The van der Waals surface area contributed by atoms with E-state index in [1.54, 1.807) is 42.7 Å². The molecule has 2 heterocycles. The van der Waals surface area contributed by atoms with Gasteiger partial charge in [0.05, 0.1) is 17.7 Å². The van der Waals surface area contributed by atoms with Crippen LogP contribution in [0.2, 0.25) is 0 Å². The molecule has 0 saturated carbocycles. The number of phenols is 1. The maximum absolute atomic E-state index is 12.8. The van der Waals surface area contributed by atoms with Gasteiger partial charge >= 0.3 is 0 Å². The number of nitrogens with zero attached hydrogens (tertiary/aromatic N) is 2. The molecule has 1 fully saturated rings. The van der Waals surface area contributed by atoms with Crippen LogP contribution in [0.1, 0.15) is 17.2 Å². The number of carbonyl (C=O) groups is 2. The van der Waals surface area contributed by atoms with Gasteiger partial charge in [0.1, 0.15) is 18.0 Å². The molecular formula is C24H21N5O3. The molecule has 160 valence electrons. The number of phenolic OH excluding ortho intramolecular Hbond substituents is 1. The number of hydrogen-bond acceptors (Lipinski definition) is 6. The first-order chi connectivity index (χ1) is 15.5. The van der Waals surface area contributed by atoms with Gasteiger partial charge in [-0.25, -0.2) is 0 Å². The van der Waals surface area contributed by atoms with Crippen LogP contribution in [0, 0.1) is 11.3 Å². The van der Waals surface area contributed by atoms with Crippen molar-refractivity contribution in [1.29, 1.82) is 5.41 Å². The SMILES string of the molecule is N=C(c1ccccc1)C1C(=NCC(=O)Nc2cccc(O)c2)C(=O)NC1c1cccnc1. The van der Waals surface area contributed by atoms with Crippen LogP contribution < -0.4 is 10.6 Å². The van der Waals surface area contributed by atoms with E-state index in [2.05, 4.69) is 20.6 Å². The normalized spacial score (nSPS) is 18.9. The van der Waals surface area contributed by atoms with Crippen LogP contribution in [-0.2, 0) is 9.59 Å². The smallest absolute Gasteiger partial charge is 0.266 e. The Morgan fingerprint density at radius 2 is 1.94 bits per heavy atom. The molecule has 0 radical (unpaired) electrons. The zero-order valence-electron chi connectivity index (χ0n) is 17.0. The Morgan fingerprint density at radius 1 is 1.12 bits per heavy atom. The van der Waals surface area contributed by atoms with Crippen LogP contribution in [0.25, 0.3) is 0 Å². The van der Waals surface area contributed by atoms with E-state index in [1.807, 2.05) is 24.3 Å². The van der Waals surface area contributed by atoms with E-state index in [-0.39, 0.29) is 23.7 Å². The van der Waals surface area contributed by atoms with Gasteiger partial charge in [0.2, 0.25) is 5.91 Å². The number of hydrogen-bond donors (Lipinski definition) is 4. The molecule has 3 aromatic rings. The van der Waals surface area contributed by atoms with Crippen molar-refractivity contribution in [1.82, 2.24) is 10.3 Å². The zero-order valence-corrected chi connectivity index (χ0v) is 17.0. The van der Waals surface area contributed by atoms with Crippen molar-refractivity contribution >= 4 is 28.9 Å². The molecule has 8 nitrogen and oxygen atoms in total. The third-order valence-corrected chi connectivity index (χ3v) is 5.11. The average molecular weight is 427 g/mol. The fraction of sp³-hybridized carbons (Fsp3) is 0.125. The third kappa shape index (κ3) is 4.54. The minimum absolute atomic E-state index is 0.0277. The van der Waals surface area contributed by atoms with Crippen LogP contribution >= 0.6 is 0 Å². The summed E-state index contributed by atoms with van der Waals surface area (Å²) < 4.78 is 0. The number of pyridine rings is 1. The lowest BCUT2D eigenvalue weighted by molar-refractivity contribution is -0.115. The van der Waals surface area contributed by atoms with Gasteiger partial charge in [-0.3, -0.25) is 19.6 Å². The molecule has 4 rings (SSSR count). The highest BCUT2D eigenvalue weighted by atomic mass is 16.3. The highest BCUT2D eigenvalue weighted by Gasteiger charge is 2.42. The first-order valence-electron chi connectivity index (χ1n) is 10.0. The Balaban J connectivity index is 1.61. The highest BCUT2D eigenvalue weighted by Crippen LogP contribution is 2.31. The standard InChI is InChI=1S/C24H21N5O3/c25-21(15-6-2-1-3-7-15)20-22(16-8-5-11-26-13-16)29-24(32)23(20)27-14-19(31)28-17-9-4-10-18(30)12-17/h1-13,20,22,25,30H,14H2,(H,28,31)(H,29,32).